The molecule has 3 heterocycles. The van der Waals surface area contributed by atoms with E-state index in [1.165, 1.54) is 27.9 Å². The largest absolute Gasteiger partial charge is 0.378 e. The summed E-state index contributed by atoms with van der Waals surface area (Å²) in [5, 5.41) is 7.87. The van der Waals surface area contributed by atoms with Gasteiger partial charge in [0, 0.05) is 56.2 Å². The Hall–Kier alpha value is -2.86. The lowest BCUT2D eigenvalue weighted by Gasteiger charge is -2.35. The van der Waals surface area contributed by atoms with Crippen LogP contribution in [0.5, 0.6) is 0 Å². The van der Waals surface area contributed by atoms with Crippen LogP contribution in [0, 0.1) is 13.8 Å². The third-order valence-corrected chi connectivity index (χ3v) is 5.55. The van der Waals surface area contributed by atoms with E-state index in [0.717, 1.165) is 37.2 Å². The molecule has 3 N–H and O–H groups in total. The quantitative estimate of drug-likeness (QED) is 0.696. The van der Waals surface area contributed by atoms with Crippen molar-refractivity contribution in [3.05, 3.63) is 59.7 Å². The average Bonchev–Trinajstić information content (AvgIpc) is 3.11. The van der Waals surface area contributed by atoms with Crippen molar-refractivity contribution in [1.82, 2.24) is 14.8 Å². The van der Waals surface area contributed by atoms with Crippen molar-refractivity contribution in [2.75, 3.05) is 23.3 Å². The zero-order valence-electron chi connectivity index (χ0n) is 17.5. The van der Waals surface area contributed by atoms with Crippen molar-refractivity contribution in [2.24, 2.45) is 12.8 Å². The number of hydrogen-bond donors (Lipinski definition) is 2. The Labute approximate surface area is 172 Å². The van der Waals surface area contributed by atoms with Crippen LogP contribution in [0.15, 0.2) is 43.0 Å². The van der Waals surface area contributed by atoms with Crippen molar-refractivity contribution < 1.29 is 0 Å². The van der Waals surface area contributed by atoms with Crippen LogP contribution in [-0.4, -0.2) is 33.9 Å². The number of piperidine rings is 1. The van der Waals surface area contributed by atoms with Gasteiger partial charge in [0.2, 0.25) is 0 Å². The van der Waals surface area contributed by atoms with E-state index >= 15 is 0 Å². The second-order valence-corrected chi connectivity index (χ2v) is 8.16. The number of rotatable bonds is 5. The number of anilines is 2. The molecule has 1 aromatic carbocycles. The Morgan fingerprint density at radius 2 is 1.79 bits per heavy atom. The van der Waals surface area contributed by atoms with E-state index in [-0.39, 0.29) is 0 Å². The number of pyridine rings is 1. The van der Waals surface area contributed by atoms with Crippen LogP contribution in [-0.2, 0) is 13.6 Å². The summed E-state index contributed by atoms with van der Waals surface area (Å²) in [5.74, 6) is 0. The van der Waals surface area contributed by atoms with Gasteiger partial charge in [-0.2, -0.15) is 5.10 Å². The van der Waals surface area contributed by atoms with Crippen LogP contribution >= 0.6 is 0 Å². The molecule has 1 fully saturated rings. The molecule has 6 heteroatoms. The molecular weight excluding hydrogens is 360 g/mol. The molecule has 0 atom stereocenters. The van der Waals surface area contributed by atoms with Gasteiger partial charge in [-0.05, 0) is 32.3 Å². The minimum atomic E-state index is 0.296. The molecule has 0 unspecified atom stereocenters. The average molecular weight is 391 g/mol. The predicted octanol–water partition coefficient (Wildman–Crippen LogP) is 3.64. The van der Waals surface area contributed by atoms with E-state index in [2.05, 4.69) is 52.3 Å². The first-order valence-corrected chi connectivity index (χ1v) is 10.3. The summed E-state index contributed by atoms with van der Waals surface area (Å²) in [6.45, 7) is 6.93. The van der Waals surface area contributed by atoms with E-state index in [0.29, 0.717) is 12.6 Å². The summed E-state index contributed by atoms with van der Waals surface area (Å²) in [5.41, 5.74) is 14.5. The molecule has 4 rings (SSSR count). The summed E-state index contributed by atoms with van der Waals surface area (Å²) < 4.78 is 1.83. The summed E-state index contributed by atoms with van der Waals surface area (Å²) in [6.07, 6.45) is 9.88. The van der Waals surface area contributed by atoms with Gasteiger partial charge in [-0.25, -0.2) is 0 Å². The normalized spacial score (nSPS) is 15.0. The number of benzene rings is 1. The fraction of sp³-hybridized carbons (Fsp3) is 0.391. The third-order valence-electron chi connectivity index (χ3n) is 5.55. The Morgan fingerprint density at radius 1 is 1.07 bits per heavy atom. The van der Waals surface area contributed by atoms with E-state index in [1.54, 1.807) is 0 Å². The monoisotopic (exact) mass is 390 g/mol. The second-order valence-electron chi connectivity index (χ2n) is 8.16. The van der Waals surface area contributed by atoms with Crippen LogP contribution in [0.4, 0.5) is 11.4 Å². The molecule has 0 saturated carbocycles. The number of aryl methyl sites for hydroxylation is 3. The third kappa shape index (κ3) is 4.43. The second kappa shape index (κ2) is 8.25. The van der Waals surface area contributed by atoms with Crippen molar-refractivity contribution in [3.8, 4) is 11.1 Å². The molecule has 0 amide bonds. The first-order chi connectivity index (χ1) is 14.0. The molecule has 3 aromatic rings. The molecule has 6 nitrogen and oxygen atoms in total. The maximum Gasteiger partial charge on any atom is 0.0773 e. The van der Waals surface area contributed by atoms with Gasteiger partial charge in [0.05, 0.1) is 23.8 Å². The standard InChI is InChI=1S/C23H30N6/c1-16-8-17(2)10-19(9-16)21-13-25-14-22(26-11-18-12-27-28(3)15-18)23(21)29-6-4-20(24)5-7-29/h8-10,12-15,20,26H,4-7,11,24H2,1-3H3. The van der Waals surface area contributed by atoms with E-state index in [1.807, 2.05) is 36.5 Å². The van der Waals surface area contributed by atoms with Gasteiger partial charge in [0.1, 0.15) is 0 Å². The molecule has 1 saturated heterocycles. The fourth-order valence-corrected chi connectivity index (χ4v) is 4.15. The minimum absolute atomic E-state index is 0.296. The molecule has 152 valence electrons. The zero-order valence-corrected chi connectivity index (χ0v) is 17.5. The maximum atomic E-state index is 6.18. The van der Waals surface area contributed by atoms with E-state index < -0.39 is 0 Å². The first-order valence-electron chi connectivity index (χ1n) is 10.3. The van der Waals surface area contributed by atoms with Crippen molar-refractivity contribution in [2.45, 2.75) is 39.3 Å². The van der Waals surface area contributed by atoms with Gasteiger partial charge in [0.15, 0.2) is 0 Å². The highest BCUT2D eigenvalue weighted by Gasteiger charge is 2.22. The summed E-state index contributed by atoms with van der Waals surface area (Å²) in [7, 11) is 1.94. The fourth-order valence-electron chi connectivity index (χ4n) is 4.15. The molecule has 1 aliphatic heterocycles. The molecule has 0 bridgehead atoms. The van der Waals surface area contributed by atoms with Crippen LogP contribution < -0.4 is 16.0 Å². The summed E-state index contributed by atoms with van der Waals surface area (Å²) >= 11 is 0. The first kappa shape index (κ1) is 19.5. The Morgan fingerprint density at radius 3 is 2.45 bits per heavy atom. The molecule has 0 radical (unpaired) electrons. The molecule has 29 heavy (non-hydrogen) atoms. The highest BCUT2D eigenvalue weighted by atomic mass is 15.2. The molecule has 2 aromatic heterocycles. The van der Waals surface area contributed by atoms with Crippen LogP contribution in [0.1, 0.15) is 29.5 Å². The highest BCUT2D eigenvalue weighted by molar-refractivity contribution is 5.87. The Bertz CT molecular complexity index is 965. The van der Waals surface area contributed by atoms with Gasteiger partial charge in [-0.3, -0.25) is 9.67 Å². The maximum absolute atomic E-state index is 6.18. The smallest absolute Gasteiger partial charge is 0.0773 e. The number of nitrogens with zero attached hydrogens (tertiary/aromatic N) is 4. The Balaban J connectivity index is 1.73. The van der Waals surface area contributed by atoms with Crippen molar-refractivity contribution in [1.29, 1.82) is 0 Å². The minimum Gasteiger partial charge on any atom is -0.378 e. The van der Waals surface area contributed by atoms with Gasteiger partial charge >= 0.3 is 0 Å². The summed E-state index contributed by atoms with van der Waals surface area (Å²) in [4.78, 5) is 7.04. The number of hydrogen-bond acceptors (Lipinski definition) is 5. The van der Waals surface area contributed by atoms with Gasteiger partial charge in [0.25, 0.3) is 0 Å². The molecule has 0 aliphatic carbocycles. The number of aromatic nitrogens is 3. The molecular formula is C23H30N6. The SMILES string of the molecule is Cc1cc(C)cc(-c2cncc(NCc3cnn(C)c3)c2N2CCC(N)CC2)c1. The predicted molar refractivity (Wildman–Crippen MR) is 119 cm³/mol. The van der Waals surface area contributed by atoms with Crippen molar-refractivity contribution in [3.63, 3.8) is 0 Å². The lowest BCUT2D eigenvalue weighted by molar-refractivity contribution is 0.501. The van der Waals surface area contributed by atoms with Gasteiger partial charge in [-0.1, -0.05) is 29.3 Å². The van der Waals surface area contributed by atoms with E-state index in [9.17, 15) is 0 Å². The molecule has 0 spiro atoms. The van der Waals surface area contributed by atoms with Crippen molar-refractivity contribution >= 4 is 11.4 Å². The lowest BCUT2D eigenvalue weighted by Crippen LogP contribution is -2.40. The highest BCUT2D eigenvalue weighted by Crippen LogP contribution is 2.38. The Kier molecular flexibility index (Phi) is 5.53. The van der Waals surface area contributed by atoms with Gasteiger partial charge in [-0.15, -0.1) is 0 Å². The van der Waals surface area contributed by atoms with E-state index in [4.69, 9.17) is 5.73 Å². The summed E-state index contributed by atoms with van der Waals surface area (Å²) in [6, 6.07) is 6.99. The zero-order chi connectivity index (χ0) is 20.4. The topological polar surface area (TPSA) is 72.0 Å². The van der Waals surface area contributed by atoms with Crippen LogP contribution in [0.25, 0.3) is 11.1 Å². The number of nitrogens with two attached hydrogens (primary N) is 1. The lowest BCUT2D eigenvalue weighted by atomic mass is 9.98. The molecule has 1 aliphatic rings. The van der Waals surface area contributed by atoms with Gasteiger partial charge < -0.3 is 16.0 Å². The number of nitrogens with one attached hydrogen (secondary N) is 1. The van der Waals surface area contributed by atoms with Crippen LogP contribution in [0.3, 0.4) is 0 Å². The van der Waals surface area contributed by atoms with Crippen LogP contribution in [0.2, 0.25) is 0 Å².